The number of hydrogen-bond acceptors (Lipinski definition) is 4. The fourth-order valence-electron chi connectivity index (χ4n) is 2.82. The van der Waals surface area contributed by atoms with Crippen LogP contribution in [0.15, 0.2) is 64.6 Å². The monoisotopic (exact) mass is 347 g/mol. The number of allylic oxidation sites excluding steroid dienone is 1. The number of fused-ring (bicyclic) bond motifs is 1. The van der Waals surface area contributed by atoms with Crippen molar-refractivity contribution in [3.63, 3.8) is 0 Å². The molecule has 1 aliphatic rings. The minimum atomic E-state index is 0.212. The zero-order valence-corrected chi connectivity index (χ0v) is 14.8. The Bertz CT molecular complexity index is 1070. The number of nitrogens with zero attached hydrogens (tertiary/aromatic N) is 3. The second kappa shape index (κ2) is 6.18. The molecule has 0 bridgehead atoms. The Morgan fingerprint density at radius 2 is 1.80 bits per heavy atom. The number of aliphatic imine (C=N–C) groups is 1. The maximum atomic E-state index is 10.5. The molecule has 4 nitrogen and oxygen atoms in total. The molecule has 2 aromatic carbocycles. The van der Waals surface area contributed by atoms with Crippen LogP contribution in [0.25, 0.3) is 11.6 Å². The number of aromatic nitrogens is 1. The van der Waals surface area contributed by atoms with Gasteiger partial charge < -0.3 is 5.11 Å². The Morgan fingerprint density at radius 1 is 1.08 bits per heavy atom. The smallest absolute Gasteiger partial charge is 0.210 e. The van der Waals surface area contributed by atoms with E-state index in [0.29, 0.717) is 0 Å². The maximum absolute atomic E-state index is 10.5. The summed E-state index contributed by atoms with van der Waals surface area (Å²) in [6, 6.07) is 17.8. The predicted octanol–water partition coefficient (Wildman–Crippen LogP) is 4.67. The SMILES string of the molecule is CC1=Nc2ccccc2/C1=C/c1sc(=Nc2ccccc2)n(C)c1O. The van der Waals surface area contributed by atoms with Crippen LogP contribution in [0, 0.1) is 0 Å². The van der Waals surface area contributed by atoms with Gasteiger partial charge in [0.1, 0.15) is 0 Å². The van der Waals surface area contributed by atoms with Crippen molar-refractivity contribution in [2.45, 2.75) is 6.92 Å². The van der Waals surface area contributed by atoms with Crippen LogP contribution in [0.4, 0.5) is 11.4 Å². The Labute approximate surface area is 149 Å². The molecule has 25 heavy (non-hydrogen) atoms. The first-order chi connectivity index (χ1) is 12.1. The van der Waals surface area contributed by atoms with Crippen LogP contribution in [-0.4, -0.2) is 15.4 Å². The minimum absolute atomic E-state index is 0.212. The van der Waals surface area contributed by atoms with E-state index < -0.39 is 0 Å². The summed E-state index contributed by atoms with van der Waals surface area (Å²) < 4.78 is 1.71. The Kier molecular flexibility index (Phi) is 3.86. The zero-order chi connectivity index (χ0) is 17.4. The number of rotatable bonds is 2. The molecule has 0 saturated heterocycles. The van der Waals surface area contributed by atoms with Crippen LogP contribution in [0.5, 0.6) is 5.88 Å². The summed E-state index contributed by atoms with van der Waals surface area (Å²) in [4.78, 5) is 10.7. The highest BCUT2D eigenvalue weighted by molar-refractivity contribution is 7.10. The molecule has 1 N–H and O–H groups in total. The molecule has 5 heteroatoms. The van der Waals surface area contributed by atoms with Gasteiger partial charge in [0.05, 0.1) is 16.3 Å². The Hall–Kier alpha value is -2.92. The summed E-state index contributed by atoms with van der Waals surface area (Å²) >= 11 is 1.46. The summed E-state index contributed by atoms with van der Waals surface area (Å²) in [7, 11) is 1.82. The molecular formula is C20H17N3OS. The lowest BCUT2D eigenvalue weighted by Crippen LogP contribution is -2.08. The van der Waals surface area contributed by atoms with E-state index in [0.717, 1.165) is 37.9 Å². The van der Waals surface area contributed by atoms with E-state index in [9.17, 15) is 5.11 Å². The highest BCUT2D eigenvalue weighted by Gasteiger charge is 2.18. The molecule has 1 aliphatic heterocycles. The molecule has 124 valence electrons. The van der Waals surface area contributed by atoms with Crippen molar-refractivity contribution in [2.24, 2.45) is 17.0 Å². The summed E-state index contributed by atoms with van der Waals surface area (Å²) in [5, 5.41) is 10.5. The van der Waals surface area contributed by atoms with Gasteiger partial charge in [-0.05, 0) is 31.2 Å². The first kappa shape index (κ1) is 15.6. The van der Waals surface area contributed by atoms with E-state index in [2.05, 4.69) is 16.1 Å². The van der Waals surface area contributed by atoms with E-state index in [-0.39, 0.29) is 5.88 Å². The average molecular weight is 347 g/mol. The van der Waals surface area contributed by atoms with E-state index >= 15 is 0 Å². The van der Waals surface area contributed by atoms with Gasteiger partial charge in [0.15, 0.2) is 4.80 Å². The standard InChI is InChI=1S/C20H17N3OS/c1-13-16(15-10-6-7-11-17(15)21-13)12-18-19(24)23(2)20(25-18)22-14-8-4-3-5-9-14/h3-12,24H,1-2H3/b16-12+,22-20?. The lowest BCUT2D eigenvalue weighted by molar-refractivity contribution is 0.427. The van der Waals surface area contributed by atoms with Crippen LogP contribution >= 0.6 is 11.3 Å². The third-order valence-electron chi connectivity index (χ3n) is 4.15. The van der Waals surface area contributed by atoms with Gasteiger partial charge >= 0.3 is 0 Å². The molecule has 1 aromatic heterocycles. The lowest BCUT2D eigenvalue weighted by atomic mass is 10.0. The van der Waals surface area contributed by atoms with Gasteiger partial charge in [-0.25, -0.2) is 4.99 Å². The van der Waals surface area contributed by atoms with E-state index in [4.69, 9.17) is 0 Å². The first-order valence-corrected chi connectivity index (χ1v) is 8.80. The largest absolute Gasteiger partial charge is 0.493 e. The summed E-state index contributed by atoms with van der Waals surface area (Å²) in [5.41, 5.74) is 4.93. The number of hydrogen-bond donors (Lipinski definition) is 1. The Balaban J connectivity index is 1.82. The van der Waals surface area contributed by atoms with Crippen LogP contribution < -0.4 is 4.80 Å². The molecule has 0 aliphatic carbocycles. The van der Waals surface area contributed by atoms with Crippen molar-refractivity contribution >= 4 is 40.1 Å². The second-order valence-corrected chi connectivity index (χ2v) is 6.86. The van der Waals surface area contributed by atoms with Crippen molar-refractivity contribution in [2.75, 3.05) is 0 Å². The molecule has 2 heterocycles. The van der Waals surface area contributed by atoms with Gasteiger partial charge in [0, 0.05) is 23.9 Å². The third-order valence-corrected chi connectivity index (χ3v) is 5.22. The van der Waals surface area contributed by atoms with Gasteiger partial charge in [0.25, 0.3) is 0 Å². The highest BCUT2D eigenvalue weighted by atomic mass is 32.1. The highest BCUT2D eigenvalue weighted by Crippen LogP contribution is 2.37. The first-order valence-electron chi connectivity index (χ1n) is 7.99. The van der Waals surface area contributed by atoms with Crippen LogP contribution in [0.1, 0.15) is 17.4 Å². The van der Waals surface area contributed by atoms with Crippen LogP contribution in [-0.2, 0) is 7.05 Å². The van der Waals surface area contributed by atoms with Crippen LogP contribution in [0.2, 0.25) is 0 Å². The normalized spacial score (nSPS) is 15.5. The van der Waals surface area contributed by atoms with Crippen LogP contribution in [0.3, 0.4) is 0 Å². The summed E-state index contributed by atoms with van der Waals surface area (Å²) in [6.45, 7) is 1.99. The molecule has 3 aromatic rings. The number of para-hydroxylation sites is 2. The van der Waals surface area contributed by atoms with E-state index in [1.54, 1.807) is 4.57 Å². The third kappa shape index (κ3) is 2.83. The minimum Gasteiger partial charge on any atom is -0.493 e. The number of aromatic hydroxyl groups is 1. The molecule has 0 fully saturated rings. The van der Waals surface area contributed by atoms with Crippen molar-refractivity contribution in [1.29, 1.82) is 0 Å². The fourth-order valence-corrected chi connectivity index (χ4v) is 3.80. The number of benzene rings is 2. The molecular weight excluding hydrogens is 330 g/mol. The van der Waals surface area contributed by atoms with Crippen molar-refractivity contribution in [3.05, 3.63) is 69.8 Å². The number of thiazole rings is 1. The zero-order valence-electron chi connectivity index (χ0n) is 14.0. The summed E-state index contributed by atoms with van der Waals surface area (Å²) in [5.74, 6) is 0.212. The van der Waals surface area contributed by atoms with E-state index in [1.807, 2.05) is 68.6 Å². The van der Waals surface area contributed by atoms with Gasteiger partial charge in [-0.2, -0.15) is 0 Å². The van der Waals surface area contributed by atoms with Crippen molar-refractivity contribution in [3.8, 4) is 5.88 Å². The molecule has 0 spiro atoms. The molecule has 4 rings (SSSR count). The van der Waals surface area contributed by atoms with Crippen molar-refractivity contribution < 1.29 is 5.11 Å². The lowest BCUT2D eigenvalue weighted by Gasteiger charge is -2.01. The summed E-state index contributed by atoms with van der Waals surface area (Å²) in [6.07, 6.45) is 1.99. The quantitative estimate of drug-likeness (QED) is 0.719. The second-order valence-electron chi connectivity index (χ2n) is 5.85. The van der Waals surface area contributed by atoms with Gasteiger partial charge in [0.2, 0.25) is 5.88 Å². The van der Waals surface area contributed by atoms with Gasteiger partial charge in [-0.1, -0.05) is 47.7 Å². The van der Waals surface area contributed by atoms with Gasteiger partial charge in [-0.3, -0.25) is 9.56 Å². The van der Waals surface area contributed by atoms with Crippen molar-refractivity contribution in [1.82, 2.24) is 4.57 Å². The van der Waals surface area contributed by atoms with E-state index in [1.165, 1.54) is 11.3 Å². The fraction of sp³-hybridized carbons (Fsp3) is 0.100. The Morgan fingerprint density at radius 3 is 2.60 bits per heavy atom. The maximum Gasteiger partial charge on any atom is 0.210 e. The topological polar surface area (TPSA) is 49.9 Å². The molecule has 0 atom stereocenters. The molecule has 0 saturated carbocycles. The molecule has 0 radical (unpaired) electrons. The average Bonchev–Trinajstić information content (AvgIpc) is 3.08. The molecule has 0 amide bonds. The molecule has 0 unspecified atom stereocenters. The van der Waals surface area contributed by atoms with Gasteiger partial charge in [-0.15, -0.1) is 0 Å². The predicted molar refractivity (Wildman–Crippen MR) is 104 cm³/mol.